The predicted molar refractivity (Wildman–Crippen MR) is 67.8 cm³/mol. The Morgan fingerprint density at radius 3 is 2.76 bits per heavy atom. The summed E-state index contributed by atoms with van der Waals surface area (Å²) < 4.78 is 19.0. The van der Waals surface area contributed by atoms with E-state index >= 15 is 0 Å². The number of nitrogen functional groups attached to an aromatic ring is 1. The summed E-state index contributed by atoms with van der Waals surface area (Å²) in [7, 11) is 0. The molecule has 0 aliphatic carbocycles. The highest BCUT2D eigenvalue weighted by Gasteiger charge is 2.08. The first-order valence-electron chi connectivity index (χ1n) is 4.59. The molecule has 0 bridgehead atoms. The van der Waals surface area contributed by atoms with Crippen molar-refractivity contribution in [3.05, 3.63) is 45.9 Å². The molecule has 2 N–H and O–H groups in total. The number of nitrogens with two attached hydrogens (primary N) is 1. The summed E-state index contributed by atoms with van der Waals surface area (Å²) in [5.74, 6) is 0.157. The third-order valence-electron chi connectivity index (χ3n) is 1.96. The topological polar surface area (TPSA) is 48.1 Å². The molecule has 0 saturated heterocycles. The van der Waals surface area contributed by atoms with Crippen LogP contribution in [0, 0.1) is 5.82 Å². The number of ether oxygens (including phenoxy) is 1. The summed E-state index contributed by atoms with van der Waals surface area (Å²) >= 11 is 8.79. The van der Waals surface area contributed by atoms with Crippen LogP contribution in [0.3, 0.4) is 0 Å². The van der Waals surface area contributed by atoms with E-state index in [1.54, 1.807) is 6.07 Å². The fourth-order valence-electron chi connectivity index (χ4n) is 1.21. The van der Waals surface area contributed by atoms with Crippen LogP contribution >= 0.6 is 27.5 Å². The minimum Gasteiger partial charge on any atom is -0.453 e. The molecule has 3 nitrogen and oxygen atoms in total. The molecule has 6 heteroatoms. The quantitative estimate of drug-likeness (QED) is 0.851. The van der Waals surface area contributed by atoms with Gasteiger partial charge in [0.2, 0.25) is 0 Å². The van der Waals surface area contributed by atoms with Gasteiger partial charge in [0.15, 0.2) is 5.75 Å². The van der Waals surface area contributed by atoms with Gasteiger partial charge in [-0.3, -0.25) is 4.98 Å². The van der Waals surface area contributed by atoms with Crippen LogP contribution in [0.25, 0.3) is 0 Å². The monoisotopic (exact) mass is 316 g/mol. The van der Waals surface area contributed by atoms with Crippen molar-refractivity contribution in [3.8, 4) is 11.5 Å². The smallest absolute Gasteiger partial charge is 0.153 e. The summed E-state index contributed by atoms with van der Waals surface area (Å²) in [6.07, 6.45) is 2.94. The van der Waals surface area contributed by atoms with E-state index in [1.165, 1.54) is 24.5 Å². The van der Waals surface area contributed by atoms with E-state index in [4.69, 9.17) is 22.1 Å². The molecule has 0 aliphatic rings. The number of hydrogen-bond acceptors (Lipinski definition) is 3. The van der Waals surface area contributed by atoms with Crippen LogP contribution in [-0.2, 0) is 0 Å². The van der Waals surface area contributed by atoms with E-state index in [1.807, 2.05) is 0 Å². The van der Waals surface area contributed by atoms with Gasteiger partial charge >= 0.3 is 0 Å². The zero-order chi connectivity index (χ0) is 12.4. The van der Waals surface area contributed by atoms with Gasteiger partial charge in [-0.15, -0.1) is 0 Å². The molecule has 1 aromatic heterocycles. The van der Waals surface area contributed by atoms with Crippen molar-refractivity contribution in [2.24, 2.45) is 0 Å². The van der Waals surface area contributed by atoms with Gasteiger partial charge in [-0.25, -0.2) is 4.39 Å². The molecule has 2 rings (SSSR count). The third kappa shape index (κ3) is 2.87. The Bertz CT molecular complexity index is 565. The first kappa shape index (κ1) is 12.1. The Hall–Kier alpha value is -1.33. The van der Waals surface area contributed by atoms with E-state index < -0.39 is 5.82 Å². The van der Waals surface area contributed by atoms with Crippen molar-refractivity contribution < 1.29 is 9.13 Å². The van der Waals surface area contributed by atoms with Crippen LogP contribution in [0.5, 0.6) is 11.5 Å². The first-order valence-corrected chi connectivity index (χ1v) is 5.76. The summed E-state index contributed by atoms with van der Waals surface area (Å²) in [5.41, 5.74) is 6.02. The number of halogens is 3. The van der Waals surface area contributed by atoms with Crippen molar-refractivity contribution in [3.63, 3.8) is 0 Å². The number of nitrogens with zero attached hydrogens (tertiary/aromatic N) is 1. The van der Waals surface area contributed by atoms with Gasteiger partial charge in [0.05, 0.1) is 21.4 Å². The van der Waals surface area contributed by atoms with E-state index in [0.29, 0.717) is 16.5 Å². The maximum absolute atomic E-state index is 13.3. The SMILES string of the molecule is Nc1cc(Br)c(F)cc1Oc1cncc(Cl)c1. The Labute approximate surface area is 110 Å². The fourth-order valence-corrected chi connectivity index (χ4v) is 1.73. The Morgan fingerprint density at radius 1 is 1.29 bits per heavy atom. The number of pyridine rings is 1. The van der Waals surface area contributed by atoms with Gasteiger partial charge in [0.1, 0.15) is 11.6 Å². The largest absolute Gasteiger partial charge is 0.453 e. The van der Waals surface area contributed by atoms with Gasteiger partial charge in [-0.2, -0.15) is 0 Å². The maximum atomic E-state index is 13.3. The van der Waals surface area contributed by atoms with Crippen molar-refractivity contribution >= 4 is 33.2 Å². The number of rotatable bonds is 2. The van der Waals surface area contributed by atoms with Crippen molar-refractivity contribution in [1.29, 1.82) is 0 Å². The summed E-state index contributed by atoms with van der Waals surface area (Å²) in [4.78, 5) is 3.85. The second kappa shape index (κ2) is 4.89. The van der Waals surface area contributed by atoms with Crippen LogP contribution in [0.15, 0.2) is 35.1 Å². The zero-order valence-electron chi connectivity index (χ0n) is 8.45. The molecule has 0 radical (unpaired) electrons. The van der Waals surface area contributed by atoms with Crippen LogP contribution in [-0.4, -0.2) is 4.98 Å². The van der Waals surface area contributed by atoms with E-state index in [9.17, 15) is 4.39 Å². The molecule has 0 amide bonds. The number of hydrogen-bond donors (Lipinski definition) is 1. The van der Waals surface area contributed by atoms with E-state index in [-0.39, 0.29) is 10.2 Å². The molecule has 88 valence electrons. The lowest BCUT2D eigenvalue weighted by Gasteiger charge is -2.09. The maximum Gasteiger partial charge on any atom is 0.153 e. The molecule has 1 heterocycles. The molecule has 0 atom stereocenters. The van der Waals surface area contributed by atoms with Gasteiger partial charge in [0.25, 0.3) is 0 Å². The Kier molecular flexibility index (Phi) is 3.49. The van der Waals surface area contributed by atoms with Gasteiger partial charge in [-0.05, 0) is 22.0 Å². The molecule has 0 aliphatic heterocycles. The molecule has 17 heavy (non-hydrogen) atoms. The second-order valence-electron chi connectivity index (χ2n) is 3.25. The minimum absolute atomic E-state index is 0.217. The second-order valence-corrected chi connectivity index (χ2v) is 4.54. The Morgan fingerprint density at radius 2 is 2.06 bits per heavy atom. The minimum atomic E-state index is -0.454. The molecule has 0 saturated carbocycles. The lowest BCUT2D eigenvalue weighted by molar-refractivity contribution is 0.476. The van der Waals surface area contributed by atoms with Crippen LogP contribution in [0.2, 0.25) is 5.02 Å². The third-order valence-corrected chi connectivity index (χ3v) is 2.77. The molecular weight excluding hydrogens is 310 g/mol. The summed E-state index contributed by atoms with van der Waals surface area (Å²) in [6, 6.07) is 4.19. The standard InChI is InChI=1S/C11H7BrClFN2O/c12-8-2-10(15)11(3-9(8)14)17-7-1-6(13)4-16-5-7/h1-5H,15H2. The number of aromatic nitrogens is 1. The number of benzene rings is 1. The highest BCUT2D eigenvalue weighted by Crippen LogP contribution is 2.32. The predicted octanol–water partition coefficient (Wildman–Crippen LogP) is 4.01. The first-order chi connectivity index (χ1) is 8.06. The van der Waals surface area contributed by atoms with Gasteiger partial charge in [0, 0.05) is 18.3 Å². The fraction of sp³-hybridized carbons (Fsp3) is 0. The highest BCUT2D eigenvalue weighted by atomic mass is 79.9. The lowest BCUT2D eigenvalue weighted by atomic mass is 10.3. The molecule has 0 fully saturated rings. The normalized spacial score (nSPS) is 10.3. The van der Waals surface area contributed by atoms with Gasteiger partial charge < -0.3 is 10.5 Å². The summed E-state index contributed by atoms with van der Waals surface area (Å²) in [5, 5.41) is 0.429. The number of anilines is 1. The lowest BCUT2D eigenvalue weighted by Crippen LogP contribution is -1.94. The average molecular weight is 318 g/mol. The van der Waals surface area contributed by atoms with Crippen LogP contribution in [0.1, 0.15) is 0 Å². The van der Waals surface area contributed by atoms with Crippen LogP contribution < -0.4 is 10.5 Å². The van der Waals surface area contributed by atoms with Crippen molar-refractivity contribution in [2.45, 2.75) is 0 Å². The Balaban J connectivity index is 2.33. The molecule has 2 aromatic rings. The molecule has 0 unspecified atom stereocenters. The highest BCUT2D eigenvalue weighted by molar-refractivity contribution is 9.10. The van der Waals surface area contributed by atoms with Gasteiger partial charge in [-0.1, -0.05) is 11.6 Å². The molecule has 0 spiro atoms. The zero-order valence-corrected chi connectivity index (χ0v) is 10.8. The molecular formula is C11H7BrClFN2O. The average Bonchev–Trinajstić information content (AvgIpc) is 2.26. The summed E-state index contributed by atoms with van der Waals surface area (Å²) in [6.45, 7) is 0. The van der Waals surface area contributed by atoms with E-state index in [2.05, 4.69) is 20.9 Å². The van der Waals surface area contributed by atoms with Crippen molar-refractivity contribution in [2.75, 3.05) is 5.73 Å². The van der Waals surface area contributed by atoms with E-state index in [0.717, 1.165) is 0 Å². The van der Waals surface area contributed by atoms with Crippen LogP contribution in [0.4, 0.5) is 10.1 Å². The molecule has 1 aromatic carbocycles. The van der Waals surface area contributed by atoms with Crippen molar-refractivity contribution in [1.82, 2.24) is 4.98 Å².